The molecule has 0 spiro atoms. The molecule has 1 aromatic heterocycles. The first-order valence-corrected chi connectivity index (χ1v) is 6.81. The minimum Gasteiger partial charge on any atom is -0.369 e. The van der Waals surface area contributed by atoms with Crippen molar-refractivity contribution in [3.05, 3.63) is 23.8 Å². The van der Waals surface area contributed by atoms with E-state index in [0.717, 1.165) is 24.8 Å². The molecule has 2 N–H and O–H groups in total. The van der Waals surface area contributed by atoms with Gasteiger partial charge in [0.25, 0.3) is 0 Å². The first-order valence-electron chi connectivity index (χ1n) is 6.81. The molecule has 19 heavy (non-hydrogen) atoms. The highest BCUT2D eigenvalue weighted by Crippen LogP contribution is 2.35. The number of imidazole rings is 1. The van der Waals surface area contributed by atoms with Gasteiger partial charge in [0.05, 0.1) is 11.1 Å². The number of fused-ring (bicyclic) bond motifs is 1. The lowest BCUT2D eigenvalue weighted by atomic mass is 9.89. The van der Waals surface area contributed by atoms with Gasteiger partial charge >= 0.3 is 0 Å². The average Bonchev–Trinajstić information content (AvgIpc) is 2.79. The Labute approximate surface area is 113 Å². The van der Waals surface area contributed by atoms with E-state index >= 15 is 0 Å². The van der Waals surface area contributed by atoms with Gasteiger partial charge in [-0.3, -0.25) is 0 Å². The molecule has 0 unspecified atom stereocenters. The van der Waals surface area contributed by atoms with Crippen LogP contribution in [0.1, 0.15) is 45.6 Å². The second-order valence-corrected chi connectivity index (χ2v) is 4.88. The SMILES string of the molecule is CCC(CC)(CC)n1c(N)nc2c(C#N)cccc21. The van der Waals surface area contributed by atoms with Crippen molar-refractivity contribution in [1.29, 1.82) is 5.26 Å². The normalized spacial score (nSPS) is 11.7. The molecule has 0 aliphatic rings. The summed E-state index contributed by atoms with van der Waals surface area (Å²) in [6, 6.07) is 7.86. The minimum absolute atomic E-state index is 0.0209. The highest BCUT2D eigenvalue weighted by Gasteiger charge is 2.30. The standard InChI is InChI=1S/C15H20N4/c1-4-15(5-2,6-3)19-12-9-7-8-11(10-16)13(12)18-14(19)17/h7-9H,4-6H2,1-3H3,(H2,17,18). The van der Waals surface area contributed by atoms with E-state index in [-0.39, 0.29) is 5.54 Å². The predicted molar refractivity (Wildman–Crippen MR) is 77.7 cm³/mol. The summed E-state index contributed by atoms with van der Waals surface area (Å²) in [6.45, 7) is 6.52. The minimum atomic E-state index is -0.0209. The van der Waals surface area contributed by atoms with Crippen LogP contribution in [-0.4, -0.2) is 9.55 Å². The van der Waals surface area contributed by atoms with E-state index in [1.807, 2.05) is 12.1 Å². The number of nitriles is 1. The van der Waals surface area contributed by atoms with E-state index in [1.54, 1.807) is 6.07 Å². The fraction of sp³-hybridized carbons (Fsp3) is 0.467. The summed E-state index contributed by atoms with van der Waals surface area (Å²) in [7, 11) is 0. The van der Waals surface area contributed by atoms with Crippen molar-refractivity contribution in [3.8, 4) is 6.07 Å². The van der Waals surface area contributed by atoms with E-state index < -0.39 is 0 Å². The third-order valence-corrected chi connectivity index (χ3v) is 4.28. The van der Waals surface area contributed by atoms with Crippen molar-refractivity contribution in [2.24, 2.45) is 0 Å². The molecule has 0 atom stereocenters. The van der Waals surface area contributed by atoms with Crippen molar-refractivity contribution >= 4 is 17.0 Å². The summed E-state index contributed by atoms with van der Waals surface area (Å²) >= 11 is 0. The van der Waals surface area contributed by atoms with Gasteiger partial charge in [-0.2, -0.15) is 5.26 Å². The summed E-state index contributed by atoms with van der Waals surface area (Å²) in [4.78, 5) is 4.41. The van der Waals surface area contributed by atoms with Gasteiger partial charge in [0.15, 0.2) is 0 Å². The molecule has 1 heterocycles. The highest BCUT2D eigenvalue weighted by molar-refractivity contribution is 5.84. The number of nitrogens with zero attached hydrogens (tertiary/aromatic N) is 3. The van der Waals surface area contributed by atoms with Gasteiger partial charge < -0.3 is 10.3 Å². The largest absolute Gasteiger partial charge is 0.369 e. The predicted octanol–water partition coefficient (Wildman–Crippen LogP) is 3.42. The van der Waals surface area contributed by atoms with Crippen LogP contribution < -0.4 is 5.73 Å². The maximum Gasteiger partial charge on any atom is 0.201 e. The van der Waals surface area contributed by atoms with Gasteiger partial charge in [-0.15, -0.1) is 0 Å². The molecule has 4 heteroatoms. The fourth-order valence-corrected chi connectivity index (χ4v) is 2.93. The fourth-order valence-electron chi connectivity index (χ4n) is 2.93. The number of anilines is 1. The summed E-state index contributed by atoms with van der Waals surface area (Å²) < 4.78 is 2.11. The summed E-state index contributed by atoms with van der Waals surface area (Å²) in [5.74, 6) is 0.503. The van der Waals surface area contributed by atoms with E-state index in [4.69, 9.17) is 5.73 Å². The lowest BCUT2D eigenvalue weighted by Crippen LogP contribution is -2.32. The molecule has 0 aliphatic carbocycles. The maximum absolute atomic E-state index is 9.17. The Morgan fingerprint density at radius 2 is 1.89 bits per heavy atom. The quantitative estimate of drug-likeness (QED) is 0.911. The van der Waals surface area contributed by atoms with Crippen LogP contribution in [0, 0.1) is 11.3 Å². The van der Waals surface area contributed by atoms with Crippen LogP contribution in [0.5, 0.6) is 0 Å². The van der Waals surface area contributed by atoms with Crippen LogP contribution >= 0.6 is 0 Å². The van der Waals surface area contributed by atoms with Gasteiger partial charge in [0, 0.05) is 5.54 Å². The second-order valence-electron chi connectivity index (χ2n) is 4.88. The molecule has 2 aromatic rings. The van der Waals surface area contributed by atoms with Crippen molar-refractivity contribution in [1.82, 2.24) is 9.55 Å². The monoisotopic (exact) mass is 256 g/mol. The molecular formula is C15H20N4. The Morgan fingerprint density at radius 3 is 2.42 bits per heavy atom. The lowest BCUT2D eigenvalue weighted by Gasteiger charge is -2.33. The molecule has 2 rings (SSSR count). The molecule has 1 aromatic carbocycles. The number of nitrogen functional groups attached to an aromatic ring is 1. The second kappa shape index (κ2) is 4.93. The first-order chi connectivity index (χ1) is 9.13. The molecular weight excluding hydrogens is 236 g/mol. The van der Waals surface area contributed by atoms with Crippen LogP contribution in [0.15, 0.2) is 18.2 Å². The lowest BCUT2D eigenvalue weighted by molar-refractivity contribution is 0.262. The highest BCUT2D eigenvalue weighted by atomic mass is 15.2. The van der Waals surface area contributed by atoms with Crippen LogP contribution in [0.25, 0.3) is 11.0 Å². The van der Waals surface area contributed by atoms with Gasteiger partial charge in [0.1, 0.15) is 11.6 Å². The molecule has 0 fully saturated rings. The molecule has 4 nitrogen and oxygen atoms in total. The zero-order valence-electron chi connectivity index (χ0n) is 11.8. The van der Waals surface area contributed by atoms with Crippen LogP contribution in [0.4, 0.5) is 5.95 Å². The Morgan fingerprint density at radius 1 is 1.26 bits per heavy atom. The first kappa shape index (κ1) is 13.4. The third-order valence-electron chi connectivity index (χ3n) is 4.28. The van der Waals surface area contributed by atoms with Gasteiger partial charge in [-0.25, -0.2) is 4.98 Å². The van der Waals surface area contributed by atoms with Crippen LogP contribution in [-0.2, 0) is 5.54 Å². The molecule has 0 saturated carbocycles. The number of rotatable bonds is 4. The number of benzene rings is 1. The van der Waals surface area contributed by atoms with Crippen molar-refractivity contribution in [2.45, 2.75) is 45.6 Å². The third kappa shape index (κ3) is 1.86. The number of para-hydroxylation sites is 1. The number of aromatic nitrogens is 2. The van der Waals surface area contributed by atoms with Gasteiger partial charge in [-0.1, -0.05) is 26.8 Å². The Hall–Kier alpha value is -2.02. The van der Waals surface area contributed by atoms with Gasteiger partial charge in [-0.05, 0) is 31.4 Å². The number of hydrogen-bond acceptors (Lipinski definition) is 3. The van der Waals surface area contributed by atoms with Crippen molar-refractivity contribution < 1.29 is 0 Å². The molecule has 0 radical (unpaired) electrons. The van der Waals surface area contributed by atoms with Crippen LogP contribution in [0.3, 0.4) is 0 Å². The van der Waals surface area contributed by atoms with E-state index in [9.17, 15) is 5.26 Å². The summed E-state index contributed by atoms with van der Waals surface area (Å²) in [6.07, 6.45) is 2.98. The zero-order chi connectivity index (χ0) is 14.0. The molecule has 0 saturated heterocycles. The summed E-state index contributed by atoms with van der Waals surface area (Å²) in [5, 5.41) is 9.17. The van der Waals surface area contributed by atoms with E-state index in [2.05, 4.69) is 36.4 Å². The molecule has 0 bridgehead atoms. The summed E-state index contributed by atoms with van der Waals surface area (Å²) in [5.41, 5.74) is 8.37. The zero-order valence-corrected chi connectivity index (χ0v) is 11.8. The maximum atomic E-state index is 9.17. The molecule has 0 aliphatic heterocycles. The van der Waals surface area contributed by atoms with Gasteiger partial charge in [0.2, 0.25) is 5.95 Å². The smallest absolute Gasteiger partial charge is 0.201 e. The topological polar surface area (TPSA) is 67.6 Å². The number of nitrogens with two attached hydrogens (primary N) is 1. The Balaban J connectivity index is 2.81. The van der Waals surface area contributed by atoms with E-state index in [1.165, 1.54) is 0 Å². The van der Waals surface area contributed by atoms with E-state index in [0.29, 0.717) is 17.0 Å². The molecule has 100 valence electrons. The molecule has 0 amide bonds. The number of hydrogen-bond donors (Lipinski definition) is 1. The average molecular weight is 256 g/mol. The van der Waals surface area contributed by atoms with Crippen molar-refractivity contribution in [2.75, 3.05) is 5.73 Å². The Bertz CT molecular complexity index is 621. The van der Waals surface area contributed by atoms with Crippen LogP contribution in [0.2, 0.25) is 0 Å². The Kier molecular flexibility index (Phi) is 3.48. The van der Waals surface area contributed by atoms with Crippen molar-refractivity contribution in [3.63, 3.8) is 0 Å².